The fourth-order valence-electron chi connectivity index (χ4n) is 4.01. The first kappa shape index (κ1) is 23.7. The lowest BCUT2D eigenvalue weighted by molar-refractivity contribution is 0.0754. The number of aromatic hydroxyl groups is 1. The van der Waals surface area contributed by atoms with E-state index < -0.39 is 16.3 Å². The Morgan fingerprint density at radius 1 is 0.706 bits per heavy atom. The topological polar surface area (TPSA) is 46.5 Å². The fourth-order valence-corrected chi connectivity index (χ4v) is 7.03. The normalized spacial score (nSPS) is 11.7. The van der Waals surface area contributed by atoms with Gasteiger partial charge in [0.25, 0.3) is 0 Å². The van der Waals surface area contributed by atoms with Gasteiger partial charge < -0.3 is 9.29 Å². The number of unbranched alkanes of at least 4 members (excludes halogenated alkanes) is 2. The van der Waals surface area contributed by atoms with E-state index in [-0.39, 0.29) is 11.3 Å². The maximum Gasteiger partial charge on any atom is 0.353 e. The highest BCUT2D eigenvalue weighted by Crippen LogP contribution is 2.69. The molecule has 0 spiro atoms. The number of carbonyl (C=O) groups excluding carboxylic acids is 1. The fraction of sp³-hybridized carbons (Fsp3) is 0.167. The number of hydrogen-bond acceptors (Lipinski definition) is 3. The van der Waals surface area contributed by atoms with Crippen molar-refractivity contribution in [3.05, 3.63) is 120 Å². The van der Waals surface area contributed by atoms with Crippen molar-refractivity contribution in [3.63, 3.8) is 0 Å². The molecule has 3 nitrogen and oxygen atoms in total. The molecule has 0 atom stereocenters. The first-order valence-electron chi connectivity index (χ1n) is 11.7. The van der Waals surface area contributed by atoms with Crippen LogP contribution in [0, 0.1) is 0 Å². The van der Waals surface area contributed by atoms with Gasteiger partial charge in [0.05, 0.1) is 0 Å². The van der Waals surface area contributed by atoms with Gasteiger partial charge in [0.2, 0.25) is 0 Å². The van der Waals surface area contributed by atoms with Crippen molar-refractivity contribution in [3.8, 4) is 5.75 Å². The van der Waals surface area contributed by atoms with E-state index >= 15 is 0 Å². The Kier molecular flexibility index (Phi) is 7.71. The number of benzene rings is 4. The van der Waals surface area contributed by atoms with E-state index in [1.54, 1.807) is 18.2 Å². The second-order valence-corrected chi connectivity index (χ2v) is 10.9. The number of para-hydroxylation sites is 1. The van der Waals surface area contributed by atoms with E-state index in [0.717, 1.165) is 27.5 Å². The van der Waals surface area contributed by atoms with Crippen molar-refractivity contribution in [1.82, 2.24) is 0 Å². The highest BCUT2D eigenvalue weighted by molar-refractivity contribution is 8.30. The third-order valence-corrected chi connectivity index (χ3v) is 9.01. The zero-order valence-corrected chi connectivity index (χ0v) is 20.2. The van der Waals surface area contributed by atoms with Crippen molar-refractivity contribution in [1.29, 1.82) is 0 Å². The maximum absolute atomic E-state index is 13.5. The van der Waals surface area contributed by atoms with Crippen LogP contribution in [0.5, 0.6) is 5.75 Å². The predicted molar refractivity (Wildman–Crippen MR) is 138 cm³/mol. The second kappa shape index (κ2) is 11.1. The van der Waals surface area contributed by atoms with Gasteiger partial charge in [-0.2, -0.15) is 0 Å². The molecular formula is C30H30O3S. The molecule has 4 aromatic rings. The molecule has 0 aromatic heterocycles. The lowest BCUT2D eigenvalue weighted by Gasteiger charge is -2.39. The zero-order chi connectivity index (χ0) is 23.8. The third-order valence-electron chi connectivity index (χ3n) is 5.80. The molecule has 0 radical (unpaired) electrons. The van der Waals surface area contributed by atoms with Crippen LogP contribution < -0.4 is 0 Å². The van der Waals surface area contributed by atoms with E-state index in [2.05, 4.69) is 31.2 Å². The standard InChI is InChI=1S/C30H30O3S/c1-2-3-6-13-24-20-22-27(23-21-24)34(25-14-7-4-8-15-25,26-16-9-5-10-17-26)33-30(32)28-18-11-12-19-29(28)31/h4-5,7-12,14-23,31H,2-3,6,13H2,1H3. The summed E-state index contributed by atoms with van der Waals surface area (Å²) in [7, 11) is -2.40. The van der Waals surface area contributed by atoms with Gasteiger partial charge in [-0.1, -0.05) is 80.4 Å². The summed E-state index contributed by atoms with van der Waals surface area (Å²) < 4.78 is 6.49. The summed E-state index contributed by atoms with van der Waals surface area (Å²) in [6.45, 7) is 2.21. The average molecular weight is 471 g/mol. The first-order valence-corrected chi connectivity index (χ1v) is 13.2. The van der Waals surface area contributed by atoms with Crippen LogP contribution in [0.3, 0.4) is 0 Å². The second-order valence-electron chi connectivity index (χ2n) is 8.17. The van der Waals surface area contributed by atoms with Crippen molar-refractivity contribution < 1.29 is 14.1 Å². The number of carbonyl (C=O) groups is 1. The van der Waals surface area contributed by atoms with Crippen LogP contribution in [0.1, 0.15) is 42.1 Å². The van der Waals surface area contributed by atoms with Crippen LogP contribution in [0.2, 0.25) is 0 Å². The summed E-state index contributed by atoms with van der Waals surface area (Å²) in [5.41, 5.74) is 1.43. The zero-order valence-electron chi connectivity index (χ0n) is 19.4. The smallest absolute Gasteiger partial charge is 0.353 e. The molecule has 0 bridgehead atoms. The molecule has 0 unspecified atom stereocenters. The van der Waals surface area contributed by atoms with E-state index in [1.165, 1.54) is 24.5 Å². The van der Waals surface area contributed by atoms with Gasteiger partial charge in [0.1, 0.15) is 11.3 Å². The molecule has 34 heavy (non-hydrogen) atoms. The van der Waals surface area contributed by atoms with Crippen molar-refractivity contribution in [2.24, 2.45) is 0 Å². The Hall–Kier alpha value is -3.50. The van der Waals surface area contributed by atoms with Crippen molar-refractivity contribution in [2.75, 3.05) is 0 Å². The van der Waals surface area contributed by atoms with Gasteiger partial charge in [-0.25, -0.2) is 4.79 Å². The first-order chi connectivity index (χ1) is 16.6. The molecule has 0 saturated heterocycles. The number of rotatable bonds is 9. The summed E-state index contributed by atoms with van der Waals surface area (Å²) in [6.07, 6.45) is 4.59. The molecule has 4 aromatic carbocycles. The highest BCUT2D eigenvalue weighted by atomic mass is 32.3. The molecule has 4 heteroatoms. The summed E-state index contributed by atoms with van der Waals surface area (Å²) in [6, 6.07) is 34.8. The molecule has 0 aliphatic carbocycles. The lowest BCUT2D eigenvalue weighted by atomic mass is 10.1. The van der Waals surface area contributed by atoms with E-state index in [4.69, 9.17) is 4.18 Å². The van der Waals surface area contributed by atoms with Crippen LogP contribution in [0.15, 0.2) is 124 Å². The predicted octanol–water partition coefficient (Wildman–Crippen LogP) is 8.18. The minimum atomic E-state index is -2.40. The van der Waals surface area contributed by atoms with Crippen molar-refractivity contribution in [2.45, 2.75) is 47.3 Å². The SMILES string of the molecule is CCCCCc1ccc(S(OC(=O)c2ccccc2O)(c2ccccc2)c2ccccc2)cc1. The van der Waals surface area contributed by atoms with Gasteiger partial charge >= 0.3 is 5.97 Å². The molecule has 0 aliphatic heterocycles. The molecule has 0 saturated carbocycles. The largest absolute Gasteiger partial charge is 0.507 e. The number of hydrogen-bond donors (Lipinski definition) is 1. The minimum Gasteiger partial charge on any atom is -0.507 e. The quantitative estimate of drug-likeness (QED) is 0.251. The Balaban J connectivity index is 1.85. The van der Waals surface area contributed by atoms with E-state index in [0.29, 0.717) is 0 Å². The van der Waals surface area contributed by atoms with Crippen LogP contribution in [-0.2, 0) is 10.6 Å². The summed E-state index contributed by atoms with van der Waals surface area (Å²) in [4.78, 5) is 16.3. The Bertz CT molecular complexity index is 1170. The molecule has 4 rings (SSSR count). The monoisotopic (exact) mass is 470 g/mol. The van der Waals surface area contributed by atoms with Crippen LogP contribution in [0.25, 0.3) is 0 Å². The Morgan fingerprint density at radius 2 is 1.24 bits per heavy atom. The molecule has 0 heterocycles. The van der Waals surface area contributed by atoms with Gasteiger partial charge in [-0.15, -0.1) is 0 Å². The maximum atomic E-state index is 13.5. The molecule has 0 amide bonds. The number of phenolic OH excluding ortho intramolecular Hbond substituents is 1. The lowest BCUT2D eigenvalue weighted by Crippen LogP contribution is -2.14. The number of phenols is 1. The summed E-state index contributed by atoms with van der Waals surface area (Å²) >= 11 is 0. The van der Waals surface area contributed by atoms with Crippen LogP contribution >= 0.6 is 10.3 Å². The molecule has 1 N–H and O–H groups in total. The van der Waals surface area contributed by atoms with Crippen LogP contribution in [0.4, 0.5) is 0 Å². The summed E-state index contributed by atoms with van der Waals surface area (Å²) in [5.74, 6) is -0.638. The average Bonchev–Trinajstić information content (AvgIpc) is 2.89. The van der Waals surface area contributed by atoms with Gasteiger partial charge in [0.15, 0.2) is 0 Å². The Morgan fingerprint density at radius 3 is 1.79 bits per heavy atom. The van der Waals surface area contributed by atoms with Crippen LogP contribution in [-0.4, -0.2) is 11.1 Å². The van der Waals surface area contributed by atoms with E-state index in [1.807, 2.05) is 60.7 Å². The molecule has 0 aliphatic rings. The Labute approximate surface area is 203 Å². The highest BCUT2D eigenvalue weighted by Gasteiger charge is 2.36. The number of aryl methyl sites for hydroxylation is 1. The van der Waals surface area contributed by atoms with Gasteiger partial charge in [-0.05, 0) is 77.2 Å². The molecule has 0 fully saturated rings. The van der Waals surface area contributed by atoms with Gasteiger partial charge in [-0.3, -0.25) is 0 Å². The minimum absolute atomic E-state index is 0.0896. The van der Waals surface area contributed by atoms with E-state index in [9.17, 15) is 9.90 Å². The molecular weight excluding hydrogens is 440 g/mol. The summed E-state index contributed by atoms with van der Waals surface area (Å²) in [5, 5.41) is 10.3. The molecule has 174 valence electrons. The third kappa shape index (κ3) is 5.02. The van der Waals surface area contributed by atoms with Gasteiger partial charge in [0, 0.05) is 14.7 Å². The van der Waals surface area contributed by atoms with Crippen molar-refractivity contribution >= 4 is 16.3 Å².